The standard InChI is InChI=1S/C13H22N2O4S/c1-15(9-12(16)10-19-2)20(17,18)13-5-3-11(4-6-13)7-8-14/h3-6,12,16H,7-10,14H2,1-2H3. The van der Waals surface area contributed by atoms with Crippen molar-refractivity contribution >= 4 is 10.0 Å². The van der Waals surface area contributed by atoms with Crippen molar-refractivity contribution < 1.29 is 18.3 Å². The van der Waals surface area contributed by atoms with Gasteiger partial charge in [-0.2, -0.15) is 4.31 Å². The van der Waals surface area contributed by atoms with Gasteiger partial charge in [-0.1, -0.05) is 12.1 Å². The van der Waals surface area contributed by atoms with Crippen LogP contribution in [0.2, 0.25) is 0 Å². The van der Waals surface area contributed by atoms with E-state index in [0.29, 0.717) is 13.0 Å². The van der Waals surface area contributed by atoms with Crippen LogP contribution in [0.4, 0.5) is 0 Å². The van der Waals surface area contributed by atoms with E-state index < -0.39 is 16.1 Å². The monoisotopic (exact) mass is 302 g/mol. The van der Waals surface area contributed by atoms with E-state index in [0.717, 1.165) is 9.87 Å². The molecular weight excluding hydrogens is 280 g/mol. The van der Waals surface area contributed by atoms with Gasteiger partial charge >= 0.3 is 0 Å². The summed E-state index contributed by atoms with van der Waals surface area (Å²) in [7, 11) is -0.713. The van der Waals surface area contributed by atoms with Gasteiger partial charge in [0.05, 0.1) is 17.6 Å². The van der Waals surface area contributed by atoms with Gasteiger partial charge in [0.1, 0.15) is 0 Å². The molecule has 6 nitrogen and oxygen atoms in total. The van der Waals surface area contributed by atoms with E-state index in [2.05, 4.69) is 0 Å². The van der Waals surface area contributed by atoms with Crippen LogP contribution in [0.25, 0.3) is 0 Å². The number of benzene rings is 1. The molecular formula is C13H22N2O4S. The van der Waals surface area contributed by atoms with E-state index in [1.54, 1.807) is 24.3 Å². The summed E-state index contributed by atoms with van der Waals surface area (Å²) in [5.41, 5.74) is 6.44. The van der Waals surface area contributed by atoms with E-state index in [-0.39, 0.29) is 18.0 Å². The van der Waals surface area contributed by atoms with Crippen LogP contribution in [0.5, 0.6) is 0 Å². The van der Waals surface area contributed by atoms with E-state index in [4.69, 9.17) is 10.5 Å². The highest BCUT2D eigenvalue weighted by atomic mass is 32.2. The molecule has 0 aliphatic carbocycles. The molecule has 0 spiro atoms. The molecule has 0 fully saturated rings. The number of nitrogens with zero attached hydrogens (tertiary/aromatic N) is 1. The minimum absolute atomic E-state index is 0.0132. The minimum atomic E-state index is -3.60. The molecule has 20 heavy (non-hydrogen) atoms. The van der Waals surface area contributed by atoms with Crippen molar-refractivity contribution in [3.63, 3.8) is 0 Å². The number of sulfonamides is 1. The number of ether oxygens (including phenoxy) is 1. The van der Waals surface area contributed by atoms with Gasteiger partial charge in [-0.25, -0.2) is 8.42 Å². The van der Waals surface area contributed by atoms with Gasteiger partial charge in [0, 0.05) is 20.7 Å². The number of rotatable bonds is 8. The summed E-state index contributed by atoms with van der Waals surface area (Å²) in [5.74, 6) is 0. The first-order chi connectivity index (χ1) is 9.41. The number of hydrogen-bond donors (Lipinski definition) is 2. The Balaban J connectivity index is 2.81. The zero-order valence-electron chi connectivity index (χ0n) is 11.8. The molecule has 7 heteroatoms. The molecule has 0 radical (unpaired) electrons. The van der Waals surface area contributed by atoms with Gasteiger partial charge in [-0.05, 0) is 30.7 Å². The van der Waals surface area contributed by atoms with Crippen molar-refractivity contribution in [1.82, 2.24) is 4.31 Å². The van der Waals surface area contributed by atoms with Gasteiger partial charge in [-0.3, -0.25) is 0 Å². The van der Waals surface area contributed by atoms with Crippen LogP contribution in [-0.2, 0) is 21.2 Å². The molecule has 0 heterocycles. The number of aliphatic hydroxyl groups excluding tert-OH is 1. The topological polar surface area (TPSA) is 92.9 Å². The van der Waals surface area contributed by atoms with Crippen molar-refractivity contribution in [1.29, 1.82) is 0 Å². The van der Waals surface area contributed by atoms with Gasteiger partial charge < -0.3 is 15.6 Å². The third-order valence-corrected chi connectivity index (χ3v) is 4.73. The smallest absolute Gasteiger partial charge is 0.242 e. The number of methoxy groups -OCH3 is 1. The van der Waals surface area contributed by atoms with Gasteiger partial charge in [0.2, 0.25) is 10.0 Å². The highest BCUT2D eigenvalue weighted by Gasteiger charge is 2.22. The Morgan fingerprint density at radius 1 is 1.35 bits per heavy atom. The summed E-state index contributed by atoms with van der Waals surface area (Å²) in [5, 5.41) is 9.60. The van der Waals surface area contributed by atoms with E-state index in [9.17, 15) is 13.5 Å². The number of aliphatic hydroxyl groups is 1. The summed E-state index contributed by atoms with van der Waals surface area (Å²) in [6, 6.07) is 6.61. The predicted molar refractivity (Wildman–Crippen MR) is 76.9 cm³/mol. The van der Waals surface area contributed by atoms with Crippen LogP contribution in [0, 0.1) is 0 Å². The van der Waals surface area contributed by atoms with Gasteiger partial charge in [-0.15, -0.1) is 0 Å². The fourth-order valence-corrected chi connectivity index (χ4v) is 3.02. The van der Waals surface area contributed by atoms with Crippen LogP contribution in [0.15, 0.2) is 29.2 Å². The quantitative estimate of drug-likeness (QED) is 0.694. The highest BCUT2D eigenvalue weighted by molar-refractivity contribution is 7.89. The normalized spacial score (nSPS) is 13.7. The average molecular weight is 302 g/mol. The van der Waals surface area contributed by atoms with E-state index >= 15 is 0 Å². The maximum Gasteiger partial charge on any atom is 0.242 e. The Kier molecular flexibility index (Phi) is 6.57. The summed E-state index contributed by atoms with van der Waals surface area (Å²) in [6.07, 6.45) is -0.140. The zero-order chi connectivity index (χ0) is 15.2. The molecule has 3 N–H and O–H groups in total. The molecule has 0 amide bonds. The van der Waals surface area contributed by atoms with Crippen LogP contribution >= 0.6 is 0 Å². The molecule has 0 aromatic heterocycles. The molecule has 1 atom stereocenters. The maximum absolute atomic E-state index is 12.3. The number of nitrogens with two attached hydrogens (primary N) is 1. The minimum Gasteiger partial charge on any atom is -0.389 e. The highest BCUT2D eigenvalue weighted by Crippen LogP contribution is 2.15. The molecule has 0 aliphatic rings. The van der Waals surface area contributed by atoms with Crippen LogP contribution < -0.4 is 5.73 Å². The first kappa shape index (κ1) is 17.1. The number of likely N-dealkylation sites (N-methyl/N-ethyl adjacent to an activating group) is 1. The van der Waals surface area contributed by atoms with Crippen LogP contribution in [0.1, 0.15) is 5.56 Å². The predicted octanol–water partition coefficient (Wildman–Crippen LogP) is -0.184. The second-order valence-corrected chi connectivity index (χ2v) is 6.62. The Labute approximate surface area is 120 Å². The molecule has 1 aromatic rings. The Bertz CT molecular complexity index is 502. The second-order valence-electron chi connectivity index (χ2n) is 4.58. The Morgan fingerprint density at radius 3 is 2.45 bits per heavy atom. The van der Waals surface area contributed by atoms with Crippen molar-refractivity contribution in [3.8, 4) is 0 Å². The lowest BCUT2D eigenvalue weighted by Crippen LogP contribution is -2.36. The second kappa shape index (κ2) is 7.70. The fraction of sp³-hybridized carbons (Fsp3) is 0.538. The lowest BCUT2D eigenvalue weighted by molar-refractivity contribution is 0.0554. The summed E-state index contributed by atoms with van der Waals surface area (Å²) < 4.78 is 30.5. The lowest BCUT2D eigenvalue weighted by Gasteiger charge is -2.20. The van der Waals surface area contributed by atoms with E-state index in [1.807, 2.05) is 0 Å². The summed E-state index contributed by atoms with van der Waals surface area (Å²) in [4.78, 5) is 0.199. The van der Waals surface area contributed by atoms with Crippen molar-refractivity contribution in [2.75, 3.05) is 33.9 Å². The number of hydrogen-bond acceptors (Lipinski definition) is 5. The summed E-state index contributed by atoms with van der Waals surface area (Å²) >= 11 is 0. The molecule has 0 saturated heterocycles. The first-order valence-electron chi connectivity index (χ1n) is 6.34. The zero-order valence-corrected chi connectivity index (χ0v) is 12.6. The van der Waals surface area contributed by atoms with Crippen molar-refractivity contribution in [3.05, 3.63) is 29.8 Å². The van der Waals surface area contributed by atoms with E-state index in [1.165, 1.54) is 14.2 Å². The molecule has 1 unspecified atom stereocenters. The van der Waals surface area contributed by atoms with Crippen LogP contribution in [0.3, 0.4) is 0 Å². The third kappa shape index (κ3) is 4.53. The SMILES string of the molecule is COCC(O)CN(C)S(=O)(=O)c1ccc(CCN)cc1. The molecule has 1 rings (SSSR count). The largest absolute Gasteiger partial charge is 0.389 e. The fourth-order valence-electron chi connectivity index (χ4n) is 1.81. The molecule has 114 valence electrons. The molecule has 0 aliphatic heterocycles. The Hall–Kier alpha value is -0.990. The first-order valence-corrected chi connectivity index (χ1v) is 7.78. The molecule has 1 aromatic carbocycles. The lowest BCUT2D eigenvalue weighted by atomic mass is 10.2. The van der Waals surface area contributed by atoms with Gasteiger partial charge in [0.25, 0.3) is 0 Å². The third-order valence-electron chi connectivity index (χ3n) is 2.89. The van der Waals surface area contributed by atoms with Gasteiger partial charge in [0.15, 0.2) is 0 Å². The van der Waals surface area contributed by atoms with Crippen LogP contribution in [-0.4, -0.2) is 57.8 Å². The maximum atomic E-state index is 12.3. The average Bonchev–Trinajstić information content (AvgIpc) is 2.40. The summed E-state index contributed by atoms with van der Waals surface area (Å²) in [6.45, 7) is 0.602. The molecule has 0 bridgehead atoms. The Morgan fingerprint density at radius 2 is 1.95 bits per heavy atom. The van der Waals surface area contributed by atoms with Crippen molar-refractivity contribution in [2.45, 2.75) is 17.4 Å². The van der Waals surface area contributed by atoms with Crippen molar-refractivity contribution in [2.24, 2.45) is 5.73 Å². The molecule has 0 saturated carbocycles.